The number of hydrogen-bond acceptors (Lipinski definition) is 2. The Morgan fingerprint density at radius 1 is 1.20 bits per heavy atom. The molecule has 1 aromatic carbocycles. The van der Waals surface area contributed by atoms with Crippen molar-refractivity contribution in [1.82, 2.24) is 9.80 Å². The Balaban J connectivity index is 2.33. The summed E-state index contributed by atoms with van der Waals surface area (Å²) in [4.78, 5) is 28.2. The van der Waals surface area contributed by atoms with E-state index in [9.17, 15) is 9.59 Å². The van der Waals surface area contributed by atoms with Gasteiger partial charge in [-0.15, -0.1) is 0 Å². The predicted octanol–water partition coefficient (Wildman–Crippen LogP) is 2.36. The van der Waals surface area contributed by atoms with Crippen LogP contribution in [0.15, 0.2) is 30.3 Å². The van der Waals surface area contributed by atoms with Gasteiger partial charge in [-0.1, -0.05) is 39.0 Å². The van der Waals surface area contributed by atoms with E-state index in [1.807, 2.05) is 35.2 Å². The van der Waals surface area contributed by atoms with Gasteiger partial charge in [-0.25, -0.2) is 0 Å². The number of benzene rings is 1. The highest BCUT2D eigenvalue weighted by Gasteiger charge is 2.41. The van der Waals surface area contributed by atoms with Gasteiger partial charge in [0.05, 0.1) is 0 Å². The SMILES string of the molecule is CN1C(=O)CCN(C(=O)c2ccccc2)[C@@H]1C(C)(C)C. The molecule has 2 amide bonds. The van der Waals surface area contributed by atoms with Crippen molar-refractivity contribution in [2.24, 2.45) is 5.41 Å². The highest BCUT2D eigenvalue weighted by atomic mass is 16.2. The van der Waals surface area contributed by atoms with E-state index in [2.05, 4.69) is 20.8 Å². The topological polar surface area (TPSA) is 40.6 Å². The van der Waals surface area contributed by atoms with Crippen molar-refractivity contribution in [3.63, 3.8) is 0 Å². The van der Waals surface area contributed by atoms with E-state index >= 15 is 0 Å². The lowest BCUT2D eigenvalue weighted by molar-refractivity contribution is -0.145. The van der Waals surface area contributed by atoms with Crippen molar-refractivity contribution in [3.8, 4) is 0 Å². The average molecular weight is 274 g/mol. The van der Waals surface area contributed by atoms with Crippen LogP contribution in [0.1, 0.15) is 37.6 Å². The van der Waals surface area contributed by atoms with Crippen LogP contribution in [0.3, 0.4) is 0 Å². The van der Waals surface area contributed by atoms with Crippen LogP contribution < -0.4 is 0 Å². The Hall–Kier alpha value is -1.84. The van der Waals surface area contributed by atoms with Crippen LogP contribution in [0.25, 0.3) is 0 Å². The predicted molar refractivity (Wildman–Crippen MR) is 78.1 cm³/mol. The molecule has 1 heterocycles. The van der Waals surface area contributed by atoms with Gasteiger partial charge in [0.2, 0.25) is 5.91 Å². The smallest absolute Gasteiger partial charge is 0.255 e. The van der Waals surface area contributed by atoms with E-state index in [1.165, 1.54) is 0 Å². The summed E-state index contributed by atoms with van der Waals surface area (Å²) in [6.07, 6.45) is 0.179. The molecule has 4 heteroatoms. The summed E-state index contributed by atoms with van der Waals surface area (Å²) in [7, 11) is 1.78. The third-order valence-electron chi connectivity index (χ3n) is 3.68. The molecule has 4 nitrogen and oxygen atoms in total. The third kappa shape index (κ3) is 2.69. The lowest BCUT2D eigenvalue weighted by Crippen LogP contribution is -2.61. The first kappa shape index (κ1) is 14.6. The average Bonchev–Trinajstić information content (AvgIpc) is 2.40. The molecule has 0 saturated carbocycles. The minimum absolute atomic E-state index is 0.00937. The van der Waals surface area contributed by atoms with Gasteiger partial charge in [-0.05, 0) is 12.1 Å². The summed E-state index contributed by atoms with van der Waals surface area (Å²) in [5.74, 6) is 0.0897. The van der Waals surface area contributed by atoms with Gasteiger partial charge in [0.1, 0.15) is 6.17 Å². The van der Waals surface area contributed by atoms with Crippen molar-refractivity contribution in [2.75, 3.05) is 13.6 Å². The maximum atomic E-state index is 12.7. The molecule has 2 rings (SSSR count). The van der Waals surface area contributed by atoms with Gasteiger partial charge in [0.15, 0.2) is 0 Å². The van der Waals surface area contributed by atoms with E-state index in [1.54, 1.807) is 11.9 Å². The second-order valence-corrected chi connectivity index (χ2v) is 6.36. The largest absolute Gasteiger partial charge is 0.325 e. The fraction of sp³-hybridized carbons (Fsp3) is 0.500. The Morgan fingerprint density at radius 3 is 2.35 bits per heavy atom. The molecule has 0 bridgehead atoms. The van der Waals surface area contributed by atoms with E-state index in [4.69, 9.17) is 0 Å². The van der Waals surface area contributed by atoms with Crippen molar-refractivity contribution >= 4 is 11.8 Å². The quantitative estimate of drug-likeness (QED) is 0.789. The molecule has 0 radical (unpaired) electrons. The van der Waals surface area contributed by atoms with Crippen LogP contribution in [-0.4, -0.2) is 41.4 Å². The van der Waals surface area contributed by atoms with E-state index < -0.39 is 0 Å². The standard InChI is InChI=1S/C16H22N2O2/c1-16(2,3)15-17(4)13(19)10-11-18(15)14(20)12-8-6-5-7-9-12/h5-9,15H,10-11H2,1-4H3/t15-/m1/s1. The summed E-state index contributed by atoms with van der Waals surface area (Å²) >= 11 is 0. The first-order valence-electron chi connectivity index (χ1n) is 6.94. The van der Waals surface area contributed by atoms with E-state index in [0.29, 0.717) is 18.5 Å². The number of amides is 2. The molecular formula is C16H22N2O2. The highest BCUT2D eigenvalue weighted by Crippen LogP contribution is 2.31. The molecule has 1 aromatic rings. The number of rotatable bonds is 1. The number of carbonyl (C=O) groups excluding carboxylic acids is 2. The lowest BCUT2D eigenvalue weighted by atomic mass is 9.88. The van der Waals surface area contributed by atoms with Crippen LogP contribution in [0, 0.1) is 5.41 Å². The summed E-state index contributed by atoms with van der Waals surface area (Å²) in [5.41, 5.74) is 0.486. The van der Waals surface area contributed by atoms with Gasteiger partial charge in [-0.3, -0.25) is 9.59 Å². The van der Waals surface area contributed by atoms with Gasteiger partial charge in [0, 0.05) is 31.0 Å². The van der Waals surface area contributed by atoms with Gasteiger partial charge in [-0.2, -0.15) is 0 Å². The van der Waals surface area contributed by atoms with Crippen LogP contribution >= 0.6 is 0 Å². The summed E-state index contributed by atoms with van der Waals surface area (Å²) in [5, 5.41) is 0. The summed E-state index contributed by atoms with van der Waals surface area (Å²) in [6, 6.07) is 9.25. The van der Waals surface area contributed by atoms with Crippen LogP contribution in [0.5, 0.6) is 0 Å². The fourth-order valence-electron chi connectivity index (χ4n) is 2.87. The molecule has 1 aliphatic rings. The molecule has 1 fully saturated rings. The third-order valence-corrected chi connectivity index (χ3v) is 3.68. The molecular weight excluding hydrogens is 252 g/mol. The Labute approximate surface area is 120 Å². The Morgan fingerprint density at radius 2 is 1.80 bits per heavy atom. The molecule has 108 valence electrons. The highest BCUT2D eigenvalue weighted by molar-refractivity contribution is 5.95. The maximum absolute atomic E-state index is 12.7. The van der Waals surface area contributed by atoms with E-state index in [-0.39, 0.29) is 23.4 Å². The van der Waals surface area contributed by atoms with Gasteiger partial charge >= 0.3 is 0 Å². The zero-order valence-corrected chi connectivity index (χ0v) is 12.6. The molecule has 1 atom stereocenters. The summed E-state index contributed by atoms with van der Waals surface area (Å²) in [6.45, 7) is 6.65. The monoisotopic (exact) mass is 274 g/mol. The zero-order chi connectivity index (χ0) is 14.9. The fourth-order valence-corrected chi connectivity index (χ4v) is 2.87. The minimum atomic E-state index is -0.212. The second-order valence-electron chi connectivity index (χ2n) is 6.36. The van der Waals surface area contributed by atoms with Crippen molar-refractivity contribution in [1.29, 1.82) is 0 Å². The molecule has 0 unspecified atom stereocenters. The zero-order valence-electron chi connectivity index (χ0n) is 12.6. The van der Waals surface area contributed by atoms with Crippen LogP contribution in [0.4, 0.5) is 0 Å². The normalized spacial score (nSPS) is 20.2. The Kier molecular flexibility index (Phi) is 3.84. The molecule has 1 aliphatic heterocycles. The molecule has 1 saturated heterocycles. The van der Waals surface area contributed by atoms with Gasteiger partial charge in [0.25, 0.3) is 5.91 Å². The number of nitrogens with zero attached hydrogens (tertiary/aromatic N) is 2. The second kappa shape index (κ2) is 5.27. The number of carbonyl (C=O) groups is 2. The molecule has 0 N–H and O–H groups in total. The van der Waals surface area contributed by atoms with E-state index in [0.717, 1.165) is 0 Å². The molecule has 0 spiro atoms. The number of hydrogen-bond donors (Lipinski definition) is 0. The van der Waals surface area contributed by atoms with Crippen LogP contribution in [-0.2, 0) is 4.79 Å². The first-order chi connectivity index (χ1) is 9.32. The first-order valence-corrected chi connectivity index (χ1v) is 6.94. The summed E-state index contributed by atoms with van der Waals surface area (Å²) < 4.78 is 0. The lowest BCUT2D eigenvalue weighted by Gasteiger charge is -2.48. The van der Waals surface area contributed by atoms with Gasteiger partial charge < -0.3 is 9.80 Å². The molecule has 0 aromatic heterocycles. The van der Waals surface area contributed by atoms with Crippen molar-refractivity contribution in [2.45, 2.75) is 33.4 Å². The molecule has 20 heavy (non-hydrogen) atoms. The minimum Gasteiger partial charge on any atom is -0.325 e. The molecule has 0 aliphatic carbocycles. The van der Waals surface area contributed by atoms with Crippen molar-refractivity contribution < 1.29 is 9.59 Å². The van der Waals surface area contributed by atoms with Crippen LogP contribution in [0.2, 0.25) is 0 Å². The Bertz CT molecular complexity index is 505. The van der Waals surface area contributed by atoms with Crippen molar-refractivity contribution in [3.05, 3.63) is 35.9 Å². The maximum Gasteiger partial charge on any atom is 0.255 e.